The number of carbonyl (C=O) groups is 5. The van der Waals surface area contributed by atoms with Gasteiger partial charge < -0.3 is 29.0 Å². The summed E-state index contributed by atoms with van der Waals surface area (Å²) >= 11 is 0. The Morgan fingerprint density at radius 1 is 0.933 bits per heavy atom. The molecule has 166 valence electrons. The summed E-state index contributed by atoms with van der Waals surface area (Å²) in [7, 11) is 0. The first-order valence-corrected chi connectivity index (χ1v) is 8.65. The van der Waals surface area contributed by atoms with Crippen LogP contribution in [0.25, 0.3) is 10.4 Å². The minimum absolute atomic E-state index is 0.428. The lowest BCUT2D eigenvalue weighted by Crippen LogP contribution is -2.67. The first kappa shape index (κ1) is 24.7. The molecule has 1 aliphatic heterocycles. The highest BCUT2D eigenvalue weighted by Gasteiger charge is 2.52. The van der Waals surface area contributed by atoms with Gasteiger partial charge in [0.1, 0.15) is 25.3 Å². The number of hydrogen-bond acceptors (Lipinski definition) is 11. The third-order valence-corrected chi connectivity index (χ3v) is 3.59. The van der Waals surface area contributed by atoms with Gasteiger partial charge in [-0.3, -0.25) is 24.0 Å². The fourth-order valence-corrected chi connectivity index (χ4v) is 2.65. The third kappa shape index (κ3) is 7.93. The SMILES string of the molecule is CC(=O)OC[C@H]1O[C@H](OC(C)=O)[C@H](NC(=O)CN=[N+]=[N-])[C@@H](OC(C)=O)[C@H]1OC(C)=O. The summed E-state index contributed by atoms with van der Waals surface area (Å²) in [6.07, 6.45) is -5.42. The van der Waals surface area contributed by atoms with Crippen LogP contribution in [0.1, 0.15) is 27.7 Å². The average Bonchev–Trinajstić information content (AvgIpc) is 2.62. The van der Waals surface area contributed by atoms with Crippen molar-refractivity contribution in [1.29, 1.82) is 0 Å². The number of azide groups is 1. The van der Waals surface area contributed by atoms with Crippen LogP contribution < -0.4 is 5.32 Å². The lowest BCUT2D eigenvalue weighted by molar-refractivity contribution is -0.271. The monoisotopic (exact) mass is 430 g/mol. The predicted molar refractivity (Wildman–Crippen MR) is 94.1 cm³/mol. The van der Waals surface area contributed by atoms with Gasteiger partial charge in [0.15, 0.2) is 12.2 Å². The number of rotatable bonds is 8. The molecule has 1 amide bonds. The first-order chi connectivity index (χ1) is 14.0. The van der Waals surface area contributed by atoms with Crippen LogP contribution in [0.2, 0.25) is 0 Å². The van der Waals surface area contributed by atoms with Gasteiger partial charge in [-0.05, 0) is 5.53 Å². The normalized spacial score (nSPS) is 25.1. The number of carbonyl (C=O) groups excluding carboxylic acids is 5. The number of ether oxygens (including phenoxy) is 5. The van der Waals surface area contributed by atoms with E-state index in [9.17, 15) is 24.0 Å². The number of nitrogens with zero attached hydrogens (tertiary/aromatic N) is 3. The standard InChI is InChI=1S/C16H22N4O10/c1-7(21)26-6-11-14(27-8(2)22)15(28-9(3)23)13(16(30-11)29-10(4)24)19-12(25)5-18-20-17/h11,13-16H,5-6H2,1-4H3,(H,19,25)/t11-,13-,14+,15-,16+/m1/s1. The minimum Gasteiger partial charge on any atom is -0.463 e. The Bertz CT molecular complexity index is 736. The van der Waals surface area contributed by atoms with Crippen LogP contribution in [0.3, 0.4) is 0 Å². The minimum atomic E-state index is -1.51. The number of esters is 4. The van der Waals surface area contributed by atoms with Crippen molar-refractivity contribution in [1.82, 2.24) is 5.32 Å². The zero-order valence-corrected chi connectivity index (χ0v) is 16.7. The zero-order valence-electron chi connectivity index (χ0n) is 16.7. The molecule has 0 aliphatic carbocycles. The summed E-state index contributed by atoms with van der Waals surface area (Å²) in [5, 5.41) is 5.48. The van der Waals surface area contributed by atoms with Crippen LogP contribution >= 0.6 is 0 Å². The van der Waals surface area contributed by atoms with Crippen LogP contribution in [0.5, 0.6) is 0 Å². The third-order valence-electron chi connectivity index (χ3n) is 3.59. The molecule has 0 aromatic rings. The number of amides is 1. The van der Waals surface area contributed by atoms with Crippen molar-refractivity contribution in [2.75, 3.05) is 13.2 Å². The van der Waals surface area contributed by atoms with Gasteiger partial charge in [0.05, 0.1) is 0 Å². The van der Waals surface area contributed by atoms with Gasteiger partial charge in [-0.15, -0.1) is 0 Å². The number of hydrogen-bond donors (Lipinski definition) is 1. The lowest BCUT2D eigenvalue weighted by atomic mass is 9.96. The van der Waals surface area contributed by atoms with Crippen LogP contribution in [-0.2, 0) is 47.7 Å². The second-order valence-corrected chi connectivity index (χ2v) is 6.09. The molecule has 0 bridgehead atoms. The van der Waals surface area contributed by atoms with Crippen LogP contribution in [0.15, 0.2) is 5.11 Å². The fraction of sp³-hybridized carbons (Fsp3) is 0.688. The molecule has 0 unspecified atom stereocenters. The van der Waals surface area contributed by atoms with Crippen LogP contribution in [0, 0.1) is 0 Å². The molecule has 1 heterocycles. The fourth-order valence-electron chi connectivity index (χ4n) is 2.65. The van der Waals surface area contributed by atoms with E-state index in [1.54, 1.807) is 0 Å². The molecule has 30 heavy (non-hydrogen) atoms. The Kier molecular flexibility index (Phi) is 9.52. The van der Waals surface area contributed by atoms with E-state index in [0.717, 1.165) is 27.7 Å². The maximum absolute atomic E-state index is 12.1. The molecule has 1 saturated heterocycles. The van der Waals surface area contributed by atoms with Gasteiger partial charge >= 0.3 is 23.9 Å². The Morgan fingerprint density at radius 3 is 2.00 bits per heavy atom. The predicted octanol–water partition coefficient (Wildman–Crippen LogP) is -0.504. The van der Waals surface area contributed by atoms with Gasteiger partial charge in [-0.25, -0.2) is 0 Å². The lowest BCUT2D eigenvalue weighted by Gasteiger charge is -2.44. The molecule has 1 N–H and O–H groups in total. The van der Waals surface area contributed by atoms with Gasteiger partial charge in [0, 0.05) is 32.6 Å². The van der Waals surface area contributed by atoms with Gasteiger partial charge in [-0.2, -0.15) is 0 Å². The summed E-state index contributed by atoms with van der Waals surface area (Å²) in [6, 6.07) is -1.34. The first-order valence-electron chi connectivity index (χ1n) is 8.65. The average molecular weight is 430 g/mol. The molecule has 14 nitrogen and oxygen atoms in total. The molecule has 0 spiro atoms. The summed E-state index contributed by atoms with van der Waals surface area (Å²) in [4.78, 5) is 60.5. The van der Waals surface area contributed by atoms with E-state index in [4.69, 9.17) is 29.2 Å². The van der Waals surface area contributed by atoms with Gasteiger partial charge in [-0.1, -0.05) is 5.11 Å². The molecule has 0 radical (unpaired) electrons. The summed E-state index contributed by atoms with van der Waals surface area (Å²) in [5.41, 5.74) is 8.36. The van der Waals surface area contributed by atoms with Crippen LogP contribution in [0.4, 0.5) is 0 Å². The highest BCUT2D eigenvalue weighted by atomic mass is 16.7. The maximum atomic E-state index is 12.1. The van der Waals surface area contributed by atoms with E-state index < -0.39 is 73.6 Å². The molecule has 1 fully saturated rings. The second kappa shape index (κ2) is 11.6. The van der Waals surface area contributed by atoms with Crippen molar-refractivity contribution in [2.45, 2.75) is 58.3 Å². The topological polar surface area (TPSA) is 192 Å². The molecular formula is C16H22N4O10. The van der Waals surface area contributed by atoms with E-state index in [2.05, 4.69) is 15.3 Å². The van der Waals surface area contributed by atoms with Crippen molar-refractivity contribution in [2.24, 2.45) is 5.11 Å². The maximum Gasteiger partial charge on any atom is 0.305 e. The molecule has 0 saturated carbocycles. The van der Waals surface area contributed by atoms with Gasteiger partial charge in [0.2, 0.25) is 12.2 Å². The molecule has 0 aromatic carbocycles. The second-order valence-electron chi connectivity index (χ2n) is 6.09. The van der Waals surface area contributed by atoms with Crippen LogP contribution in [-0.4, -0.2) is 73.6 Å². The Hall–Kier alpha value is -3.38. The van der Waals surface area contributed by atoms with Crippen molar-refractivity contribution < 1.29 is 47.7 Å². The molecule has 0 aromatic heterocycles. The number of nitrogens with one attached hydrogen (secondary N) is 1. The van der Waals surface area contributed by atoms with E-state index in [-0.39, 0.29) is 0 Å². The zero-order chi connectivity index (χ0) is 22.8. The highest BCUT2D eigenvalue weighted by Crippen LogP contribution is 2.28. The summed E-state index contributed by atoms with van der Waals surface area (Å²) in [5.74, 6) is -3.86. The summed E-state index contributed by atoms with van der Waals surface area (Å²) in [6.45, 7) is 3.32. The van der Waals surface area contributed by atoms with Crippen molar-refractivity contribution >= 4 is 29.8 Å². The molecule has 14 heteroatoms. The van der Waals surface area contributed by atoms with E-state index in [1.165, 1.54) is 0 Å². The van der Waals surface area contributed by atoms with Crippen molar-refractivity contribution in [3.63, 3.8) is 0 Å². The van der Waals surface area contributed by atoms with Crippen molar-refractivity contribution in [3.8, 4) is 0 Å². The largest absolute Gasteiger partial charge is 0.463 e. The molecular weight excluding hydrogens is 408 g/mol. The Labute approximate surface area is 170 Å². The quantitative estimate of drug-likeness (QED) is 0.172. The van der Waals surface area contributed by atoms with E-state index in [1.807, 2.05) is 0 Å². The molecule has 1 aliphatic rings. The smallest absolute Gasteiger partial charge is 0.305 e. The van der Waals surface area contributed by atoms with Crippen molar-refractivity contribution in [3.05, 3.63) is 10.4 Å². The van der Waals surface area contributed by atoms with E-state index in [0.29, 0.717) is 0 Å². The Morgan fingerprint density at radius 2 is 1.50 bits per heavy atom. The molecule has 5 atom stereocenters. The Balaban J connectivity index is 3.33. The molecule has 1 rings (SSSR count). The van der Waals surface area contributed by atoms with E-state index >= 15 is 0 Å². The highest BCUT2D eigenvalue weighted by molar-refractivity contribution is 5.79. The summed E-state index contributed by atoms with van der Waals surface area (Å²) < 4.78 is 25.9. The van der Waals surface area contributed by atoms with Gasteiger partial charge in [0.25, 0.3) is 0 Å².